The minimum absolute atomic E-state index is 0.0399. The molecule has 1 amide bonds. The topological polar surface area (TPSA) is 112 Å². The van der Waals surface area contributed by atoms with E-state index in [-0.39, 0.29) is 40.1 Å². The number of nitrogens with two attached hydrogens (primary N) is 2. The molecule has 28 heavy (non-hydrogen) atoms. The first-order chi connectivity index (χ1) is 13.4. The molecule has 3 aromatic rings. The molecule has 0 aliphatic heterocycles. The first kappa shape index (κ1) is 18.9. The number of hydrogen-bond donors (Lipinski definition) is 3. The number of rotatable bonds is 5. The molecule has 0 fully saturated rings. The molecule has 0 unspecified atom stereocenters. The van der Waals surface area contributed by atoms with Crippen molar-refractivity contribution in [1.82, 2.24) is 10.3 Å². The lowest BCUT2D eigenvalue weighted by Crippen LogP contribution is -2.20. The van der Waals surface area contributed by atoms with Crippen LogP contribution in [0, 0.1) is 11.6 Å². The smallest absolute Gasteiger partial charge is 0.273 e. The van der Waals surface area contributed by atoms with E-state index in [1.807, 2.05) is 0 Å². The Morgan fingerprint density at radius 1 is 0.964 bits per heavy atom. The van der Waals surface area contributed by atoms with Crippen molar-refractivity contribution in [3.05, 3.63) is 66.0 Å². The van der Waals surface area contributed by atoms with Gasteiger partial charge in [0, 0.05) is 31.4 Å². The second kappa shape index (κ2) is 7.78. The first-order valence-corrected chi connectivity index (χ1v) is 8.06. The van der Waals surface area contributed by atoms with Crippen LogP contribution in [-0.2, 0) is 0 Å². The van der Waals surface area contributed by atoms with Gasteiger partial charge in [-0.3, -0.25) is 4.79 Å². The second-order valence-electron chi connectivity index (χ2n) is 5.64. The Hall–Kier alpha value is -3.88. The lowest BCUT2D eigenvalue weighted by atomic mass is 10.2. The maximum Gasteiger partial charge on any atom is 0.273 e. The summed E-state index contributed by atoms with van der Waals surface area (Å²) in [6.07, 6.45) is 1.32. The number of halogens is 2. The van der Waals surface area contributed by atoms with Crippen LogP contribution in [0.25, 0.3) is 0 Å². The number of amides is 1. The van der Waals surface area contributed by atoms with E-state index in [4.69, 9.17) is 20.9 Å². The molecule has 0 saturated carbocycles. The zero-order chi connectivity index (χ0) is 20.3. The van der Waals surface area contributed by atoms with Crippen LogP contribution in [-0.4, -0.2) is 17.9 Å². The molecule has 0 bridgehead atoms. The van der Waals surface area contributed by atoms with Gasteiger partial charge in [-0.1, -0.05) is 0 Å². The van der Waals surface area contributed by atoms with Crippen molar-refractivity contribution in [3.8, 4) is 23.0 Å². The molecule has 1 heterocycles. The van der Waals surface area contributed by atoms with Gasteiger partial charge < -0.3 is 26.3 Å². The van der Waals surface area contributed by atoms with Gasteiger partial charge in [-0.2, -0.15) is 0 Å². The van der Waals surface area contributed by atoms with E-state index in [9.17, 15) is 13.6 Å². The Bertz CT molecular complexity index is 1040. The zero-order valence-electron chi connectivity index (χ0n) is 14.7. The average molecular weight is 386 g/mol. The lowest BCUT2D eigenvalue weighted by molar-refractivity contribution is 0.0955. The molecule has 0 aliphatic rings. The predicted octanol–water partition coefficient (Wildman–Crippen LogP) is 3.47. The number of ether oxygens (including phenoxy) is 2. The van der Waals surface area contributed by atoms with Crippen LogP contribution >= 0.6 is 0 Å². The molecule has 0 radical (unpaired) electrons. The number of benzene rings is 2. The number of nitrogen functional groups attached to an aromatic ring is 2. The molecule has 144 valence electrons. The van der Waals surface area contributed by atoms with Crippen molar-refractivity contribution in [2.75, 3.05) is 18.5 Å². The number of nitrogens with zero attached hydrogens (tertiary/aromatic N) is 1. The number of anilines is 2. The molecular weight excluding hydrogens is 370 g/mol. The fourth-order valence-corrected chi connectivity index (χ4v) is 2.28. The Morgan fingerprint density at radius 2 is 1.54 bits per heavy atom. The molecule has 0 atom stereocenters. The first-order valence-electron chi connectivity index (χ1n) is 8.06. The third kappa shape index (κ3) is 3.93. The molecular formula is C19H16F2N4O3. The van der Waals surface area contributed by atoms with E-state index in [1.165, 1.54) is 43.6 Å². The Labute approximate surface area is 158 Å². The summed E-state index contributed by atoms with van der Waals surface area (Å²) in [5.74, 6) is -1.74. The van der Waals surface area contributed by atoms with Gasteiger partial charge in [0.2, 0.25) is 5.75 Å². The number of hydrogen-bond acceptors (Lipinski definition) is 6. The van der Waals surface area contributed by atoms with Crippen molar-refractivity contribution in [2.45, 2.75) is 0 Å². The summed E-state index contributed by atoms with van der Waals surface area (Å²) in [6.45, 7) is 0. The standard InChI is InChI=1S/C19H16F2N4O3/c1-24-19(26)17-18(28-11-3-5-15(23)13(21)9-11)16(6-7-25-17)27-10-2-4-14(22)12(20)8-10/h2-9H,22-23H2,1H3,(H,24,26). The molecule has 0 aliphatic carbocycles. The van der Waals surface area contributed by atoms with Gasteiger partial charge in [-0.25, -0.2) is 13.8 Å². The van der Waals surface area contributed by atoms with E-state index in [0.717, 1.165) is 12.1 Å². The van der Waals surface area contributed by atoms with Gasteiger partial charge in [-0.15, -0.1) is 0 Å². The van der Waals surface area contributed by atoms with Crippen LogP contribution in [0.15, 0.2) is 48.7 Å². The lowest BCUT2D eigenvalue weighted by Gasteiger charge is -2.15. The monoisotopic (exact) mass is 386 g/mol. The molecule has 0 spiro atoms. The SMILES string of the molecule is CNC(=O)c1nccc(Oc2ccc(N)c(F)c2)c1Oc1ccc(N)c(F)c1. The van der Waals surface area contributed by atoms with Gasteiger partial charge in [0.1, 0.15) is 23.1 Å². The van der Waals surface area contributed by atoms with Crippen LogP contribution < -0.4 is 26.3 Å². The fraction of sp³-hybridized carbons (Fsp3) is 0.0526. The van der Waals surface area contributed by atoms with Gasteiger partial charge in [0.25, 0.3) is 5.91 Å². The fourth-order valence-electron chi connectivity index (χ4n) is 2.28. The summed E-state index contributed by atoms with van der Waals surface area (Å²) in [4.78, 5) is 16.2. The highest BCUT2D eigenvalue weighted by Crippen LogP contribution is 2.37. The minimum Gasteiger partial charge on any atom is -0.453 e. The highest BCUT2D eigenvalue weighted by molar-refractivity contribution is 5.95. The third-order valence-electron chi connectivity index (χ3n) is 3.70. The van der Waals surface area contributed by atoms with E-state index in [1.54, 1.807) is 0 Å². The molecule has 3 rings (SSSR count). The van der Waals surface area contributed by atoms with Gasteiger partial charge in [0.05, 0.1) is 11.4 Å². The van der Waals surface area contributed by atoms with Gasteiger partial charge >= 0.3 is 0 Å². The Kier molecular flexibility index (Phi) is 5.25. The summed E-state index contributed by atoms with van der Waals surface area (Å²) in [5.41, 5.74) is 10.7. The molecule has 9 heteroatoms. The predicted molar refractivity (Wildman–Crippen MR) is 99.4 cm³/mol. The highest BCUT2D eigenvalue weighted by Gasteiger charge is 2.20. The van der Waals surface area contributed by atoms with Crippen LogP contribution in [0.4, 0.5) is 20.2 Å². The van der Waals surface area contributed by atoms with E-state index in [2.05, 4.69) is 10.3 Å². The molecule has 2 aromatic carbocycles. The van der Waals surface area contributed by atoms with Crippen LogP contribution in [0.3, 0.4) is 0 Å². The van der Waals surface area contributed by atoms with Crippen molar-refractivity contribution >= 4 is 17.3 Å². The maximum absolute atomic E-state index is 13.8. The van der Waals surface area contributed by atoms with Gasteiger partial charge in [-0.05, 0) is 24.3 Å². The van der Waals surface area contributed by atoms with Crippen molar-refractivity contribution in [3.63, 3.8) is 0 Å². The van der Waals surface area contributed by atoms with E-state index >= 15 is 0 Å². The summed E-state index contributed by atoms with van der Waals surface area (Å²) >= 11 is 0. The number of pyridine rings is 1. The average Bonchev–Trinajstić information content (AvgIpc) is 2.68. The van der Waals surface area contributed by atoms with Crippen molar-refractivity contribution in [2.24, 2.45) is 0 Å². The second-order valence-corrected chi connectivity index (χ2v) is 5.64. The quantitative estimate of drug-likeness (QED) is 0.579. The summed E-state index contributed by atoms with van der Waals surface area (Å²) in [5, 5.41) is 2.43. The van der Waals surface area contributed by atoms with Crippen LogP contribution in [0.2, 0.25) is 0 Å². The molecule has 7 nitrogen and oxygen atoms in total. The number of nitrogens with one attached hydrogen (secondary N) is 1. The highest BCUT2D eigenvalue weighted by atomic mass is 19.1. The van der Waals surface area contributed by atoms with Crippen molar-refractivity contribution in [1.29, 1.82) is 0 Å². The zero-order valence-corrected chi connectivity index (χ0v) is 14.7. The van der Waals surface area contributed by atoms with E-state index in [0.29, 0.717) is 0 Å². The number of carbonyl (C=O) groups excluding carboxylic acids is 1. The largest absolute Gasteiger partial charge is 0.453 e. The minimum atomic E-state index is -0.689. The number of carbonyl (C=O) groups is 1. The summed E-state index contributed by atoms with van der Waals surface area (Å²) in [6, 6.07) is 9.09. The summed E-state index contributed by atoms with van der Waals surface area (Å²) < 4.78 is 38.8. The number of aromatic nitrogens is 1. The van der Waals surface area contributed by atoms with Crippen LogP contribution in [0.1, 0.15) is 10.5 Å². The van der Waals surface area contributed by atoms with E-state index < -0.39 is 17.5 Å². The van der Waals surface area contributed by atoms with Crippen LogP contribution in [0.5, 0.6) is 23.0 Å². The summed E-state index contributed by atoms with van der Waals surface area (Å²) in [7, 11) is 1.42. The van der Waals surface area contributed by atoms with Gasteiger partial charge in [0.15, 0.2) is 11.4 Å². The molecule has 1 aromatic heterocycles. The normalized spacial score (nSPS) is 10.4. The Balaban J connectivity index is 2.04. The molecule has 0 saturated heterocycles. The third-order valence-corrected chi connectivity index (χ3v) is 3.70. The Morgan fingerprint density at radius 3 is 2.07 bits per heavy atom. The van der Waals surface area contributed by atoms with Crippen molar-refractivity contribution < 1.29 is 23.0 Å². The maximum atomic E-state index is 13.8. The molecule has 5 N–H and O–H groups in total.